The van der Waals surface area contributed by atoms with Crippen molar-refractivity contribution in [2.45, 2.75) is 6.54 Å². The molecule has 6 heteroatoms. The Morgan fingerprint density at radius 1 is 1.35 bits per heavy atom. The molecule has 4 nitrogen and oxygen atoms in total. The van der Waals surface area contributed by atoms with Crippen LogP contribution in [0.4, 0.5) is 4.39 Å². The van der Waals surface area contributed by atoms with Crippen molar-refractivity contribution in [3.05, 3.63) is 47.1 Å². The lowest BCUT2D eigenvalue weighted by atomic mass is 10.3. The summed E-state index contributed by atoms with van der Waals surface area (Å²) in [6, 6.07) is 3.84. The van der Waals surface area contributed by atoms with Crippen molar-refractivity contribution in [3.63, 3.8) is 0 Å². The number of hydrogen-bond donors (Lipinski definition) is 1. The number of rotatable bonds is 3. The van der Waals surface area contributed by atoms with E-state index in [4.69, 9.17) is 22.1 Å². The molecule has 0 aliphatic carbocycles. The summed E-state index contributed by atoms with van der Waals surface area (Å²) in [6.07, 6.45) is 2.97. The predicted molar refractivity (Wildman–Crippen MR) is 61.4 cm³/mol. The van der Waals surface area contributed by atoms with E-state index in [9.17, 15) is 4.39 Å². The van der Waals surface area contributed by atoms with Gasteiger partial charge in [-0.1, -0.05) is 11.6 Å². The molecule has 2 rings (SSSR count). The highest BCUT2D eigenvalue weighted by Gasteiger charge is 2.06. The molecule has 0 unspecified atom stereocenters. The summed E-state index contributed by atoms with van der Waals surface area (Å²) < 4.78 is 18.2. The van der Waals surface area contributed by atoms with Crippen molar-refractivity contribution in [2.24, 2.45) is 5.73 Å². The Balaban J connectivity index is 2.25. The number of hydrogen-bond acceptors (Lipinski definition) is 4. The Kier molecular flexibility index (Phi) is 3.51. The first kappa shape index (κ1) is 11.8. The number of nitrogens with zero attached hydrogens (tertiary/aromatic N) is 2. The summed E-state index contributed by atoms with van der Waals surface area (Å²) in [6.45, 7) is 0.265. The number of ether oxygens (including phenoxy) is 1. The predicted octanol–water partition coefficient (Wildman–Crippen LogP) is 2.52. The lowest BCUT2D eigenvalue weighted by Gasteiger charge is -2.06. The van der Waals surface area contributed by atoms with Gasteiger partial charge >= 0.3 is 0 Å². The van der Waals surface area contributed by atoms with Crippen molar-refractivity contribution < 1.29 is 9.13 Å². The van der Waals surface area contributed by atoms with E-state index in [2.05, 4.69) is 9.97 Å². The van der Waals surface area contributed by atoms with E-state index in [-0.39, 0.29) is 17.4 Å². The van der Waals surface area contributed by atoms with Crippen LogP contribution in [0.15, 0.2) is 30.6 Å². The topological polar surface area (TPSA) is 61.0 Å². The Morgan fingerprint density at radius 2 is 2.18 bits per heavy atom. The molecule has 1 heterocycles. The van der Waals surface area contributed by atoms with Crippen LogP contribution in [0.5, 0.6) is 11.6 Å². The minimum Gasteiger partial charge on any atom is -0.436 e. The number of nitrogens with two attached hydrogens (primary N) is 1. The van der Waals surface area contributed by atoms with Gasteiger partial charge in [-0.15, -0.1) is 0 Å². The Labute approximate surface area is 102 Å². The summed E-state index contributed by atoms with van der Waals surface area (Å²) in [7, 11) is 0. The van der Waals surface area contributed by atoms with Crippen LogP contribution >= 0.6 is 11.6 Å². The molecule has 1 aromatic carbocycles. The Bertz CT molecular complexity index is 536. The average molecular weight is 254 g/mol. The zero-order valence-electron chi connectivity index (χ0n) is 8.73. The van der Waals surface area contributed by atoms with Gasteiger partial charge in [0.15, 0.2) is 0 Å². The first-order valence-corrected chi connectivity index (χ1v) is 5.20. The molecular weight excluding hydrogens is 245 g/mol. The second-order valence-electron chi connectivity index (χ2n) is 3.23. The zero-order valence-corrected chi connectivity index (χ0v) is 9.49. The van der Waals surface area contributed by atoms with Crippen LogP contribution in [0, 0.1) is 5.82 Å². The maximum Gasteiger partial charge on any atom is 0.238 e. The third-order valence-corrected chi connectivity index (χ3v) is 2.28. The van der Waals surface area contributed by atoms with Gasteiger partial charge in [0.2, 0.25) is 5.88 Å². The molecule has 0 fully saturated rings. The summed E-state index contributed by atoms with van der Waals surface area (Å²) in [5, 5.41) is 0.171. The maximum absolute atomic E-state index is 12.8. The van der Waals surface area contributed by atoms with E-state index in [1.807, 2.05) is 0 Å². The fraction of sp³-hybridized carbons (Fsp3) is 0.0909. The van der Waals surface area contributed by atoms with Crippen LogP contribution in [0.3, 0.4) is 0 Å². The summed E-state index contributed by atoms with van der Waals surface area (Å²) >= 11 is 5.82. The van der Waals surface area contributed by atoms with Gasteiger partial charge in [-0.25, -0.2) is 9.37 Å². The van der Waals surface area contributed by atoms with Crippen molar-refractivity contribution in [1.29, 1.82) is 0 Å². The van der Waals surface area contributed by atoms with Crippen LogP contribution in [-0.2, 0) is 6.54 Å². The van der Waals surface area contributed by atoms with Gasteiger partial charge in [0.05, 0.1) is 16.9 Å². The normalized spacial score (nSPS) is 10.3. The Hall–Kier alpha value is -1.72. The van der Waals surface area contributed by atoms with E-state index >= 15 is 0 Å². The average Bonchev–Trinajstić information content (AvgIpc) is 2.33. The molecular formula is C11H9ClFN3O. The molecule has 2 aromatic rings. The minimum absolute atomic E-state index is 0.171. The molecule has 1 aromatic heterocycles. The van der Waals surface area contributed by atoms with Crippen LogP contribution in [0.1, 0.15) is 5.69 Å². The van der Waals surface area contributed by atoms with Crippen molar-refractivity contribution >= 4 is 11.6 Å². The lowest BCUT2D eigenvalue weighted by Crippen LogP contribution is -2.01. The quantitative estimate of drug-likeness (QED) is 0.913. The van der Waals surface area contributed by atoms with Crippen LogP contribution in [0.25, 0.3) is 0 Å². The number of benzene rings is 1. The van der Waals surface area contributed by atoms with Gasteiger partial charge in [0.25, 0.3) is 0 Å². The molecule has 0 atom stereocenters. The highest BCUT2D eigenvalue weighted by molar-refractivity contribution is 6.32. The van der Waals surface area contributed by atoms with E-state index in [1.54, 1.807) is 6.20 Å². The molecule has 17 heavy (non-hydrogen) atoms. The molecule has 0 saturated carbocycles. The van der Waals surface area contributed by atoms with Gasteiger partial charge in [0, 0.05) is 12.7 Å². The van der Waals surface area contributed by atoms with E-state index in [1.165, 1.54) is 18.3 Å². The Morgan fingerprint density at radius 3 is 2.88 bits per heavy atom. The number of halogens is 2. The highest BCUT2D eigenvalue weighted by atomic mass is 35.5. The molecule has 0 aliphatic heterocycles. The van der Waals surface area contributed by atoms with Crippen molar-refractivity contribution in [1.82, 2.24) is 9.97 Å². The maximum atomic E-state index is 12.8. The SMILES string of the molecule is NCc1cncc(Oc2ccc(F)cc2Cl)n1. The zero-order chi connectivity index (χ0) is 12.3. The van der Waals surface area contributed by atoms with Gasteiger partial charge in [-0.05, 0) is 18.2 Å². The third kappa shape index (κ3) is 2.89. The smallest absolute Gasteiger partial charge is 0.238 e. The second kappa shape index (κ2) is 5.07. The standard InChI is InChI=1S/C11H9ClFN3O/c12-9-3-7(13)1-2-10(9)17-11-6-15-5-8(4-14)16-11/h1-3,5-6H,4,14H2. The fourth-order valence-corrected chi connectivity index (χ4v) is 1.41. The lowest BCUT2D eigenvalue weighted by molar-refractivity contribution is 0.456. The molecule has 0 bridgehead atoms. The van der Waals surface area contributed by atoms with Crippen LogP contribution in [-0.4, -0.2) is 9.97 Å². The van der Waals surface area contributed by atoms with Crippen LogP contribution < -0.4 is 10.5 Å². The van der Waals surface area contributed by atoms with Crippen molar-refractivity contribution in [3.8, 4) is 11.6 Å². The fourth-order valence-electron chi connectivity index (χ4n) is 1.20. The van der Waals surface area contributed by atoms with Gasteiger partial charge < -0.3 is 10.5 Å². The van der Waals surface area contributed by atoms with Gasteiger partial charge in [0.1, 0.15) is 11.6 Å². The first-order valence-electron chi connectivity index (χ1n) is 4.83. The van der Waals surface area contributed by atoms with E-state index in [0.29, 0.717) is 11.4 Å². The monoisotopic (exact) mass is 253 g/mol. The first-order chi connectivity index (χ1) is 8.19. The molecule has 2 N–H and O–H groups in total. The van der Waals surface area contributed by atoms with Gasteiger partial charge in [-0.3, -0.25) is 4.98 Å². The molecule has 0 saturated heterocycles. The molecule has 0 aliphatic rings. The largest absolute Gasteiger partial charge is 0.436 e. The number of aromatic nitrogens is 2. The summed E-state index contributed by atoms with van der Waals surface area (Å²) in [4.78, 5) is 8.00. The van der Waals surface area contributed by atoms with Gasteiger partial charge in [-0.2, -0.15) is 0 Å². The molecule has 88 valence electrons. The highest BCUT2D eigenvalue weighted by Crippen LogP contribution is 2.28. The molecule has 0 amide bonds. The second-order valence-corrected chi connectivity index (χ2v) is 3.64. The third-order valence-electron chi connectivity index (χ3n) is 1.98. The molecule has 0 spiro atoms. The summed E-state index contributed by atoms with van der Waals surface area (Å²) in [5.41, 5.74) is 6.03. The van der Waals surface area contributed by atoms with E-state index < -0.39 is 5.82 Å². The van der Waals surface area contributed by atoms with E-state index in [0.717, 1.165) is 6.07 Å². The van der Waals surface area contributed by atoms with Crippen LogP contribution in [0.2, 0.25) is 5.02 Å². The minimum atomic E-state index is -0.427. The molecule has 0 radical (unpaired) electrons. The van der Waals surface area contributed by atoms with Crippen molar-refractivity contribution in [2.75, 3.05) is 0 Å². The summed E-state index contributed by atoms with van der Waals surface area (Å²) in [5.74, 6) is 0.155.